The van der Waals surface area contributed by atoms with E-state index in [1.807, 2.05) is 0 Å². The third kappa shape index (κ3) is 2.01. The van der Waals surface area contributed by atoms with Gasteiger partial charge in [0.15, 0.2) is 5.76 Å². The molecule has 1 atom stereocenters. The molecule has 0 radical (unpaired) electrons. The maximum atomic E-state index is 12.8. The highest BCUT2D eigenvalue weighted by molar-refractivity contribution is 7.89. The second-order valence-electron chi connectivity index (χ2n) is 5.67. The van der Waals surface area contributed by atoms with E-state index in [-0.39, 0.29) is 10.9 Å². The van der Waals surface area contributed by atoms with Crippen LogP contribution in [-0.2, 0) is 10.0 Å². The highest BCUT2D eigenvalue weighted by Crippen LogP contribution is 2.40. The van der Waals surface area contributed by atoms with E-state index in [1.54, 1.807) is 18.2 Å². The largest absolute Gasteiger partial charge is 0.360 e. The quantitative estimate of drug-likeness (QED) is 0.854. The van der Waals surface area contributed by atoms with Gasteiger partial charge in [0, 0.05) is 12.6 Å². The highest BCUT2D eigenvalue weighted by Gasteiger charge is 2.43. The predicted octanol–water partition coefficient (Wildman–Crippen LogP) is 2.24. The molecule has 1 aliphatic heterocycles. The van der Waals surface area contributed by atoms with Gasteiger partial charge in [-0.1, -0.05) is 11.6 Å². The Bertz CT molecular complexity index is 555. The van der Waals surface area contributed by atoms with Gasteiger partial charge in [-0.15, -0.1) is 0 Å². The lowest BCUT2D eigenvalue weighted by atomic mass is 9.79. The first kappa shape index (κ1) is 13.1. The van der Waals surface area contributed by atoms with Gasteiger partial charge in [0.1, 0.15) is 10.6 Å². The molecule has 0 bridgehead atoms. The molecule has 6 heteroatoms. The van der Waals surface area contributed by atoms with Crippen LogP contribution in [0.25, 0.3) is 0 Å². The van der Waals surface area contributed by atoms with Crippen molar-refractivity contribution in [2.75, 3.05) is 6.54 Å². The predicted molar refractivity (Wildman–Crippen MR) is 70.2 cm³/mol. The number of hydrogen-bond acceptors (Lipinski definition) is 4. The molecule has 2 aliphatic rings. The van der Waals surface area contributed by atoms with Crippen molar-refractivity contribution in [2.24, 2.45) is 5.92 Å². The Morgan fingerprint density at radius 3 is 2.47 bits per heavy atom. The zero-order chi connectivity index (χ0) is 13.6. The molecule has 1 saturated heterocycles. The minimum Gasteiger partial charge on any atom is -0.360 e. The van der Waals surface area contributed by atoms with E-state index >= 15 is 0 Å². The molecule has 0 N–H and O–H groups in total. The SMILES string of the molecule is Cc1noc(C)c1S(=O)(=O)N1CCCC1C1CCC1. The highest BCUT2D eigenvalue weighted by atomic mass is 32.2. The van der Waals surface area contributed by atoms with Crippen LogP contribution < -0.4 is 0 Å². The summed E-state index contributed by atoms with van der Waals surface area (Å²) in [6.45, 7) is 3.99. The first-order valence-corrected chi connectivity index (χ1v) is 8.40. The molecule has 0 aromatic carbocycles. The summed E-state index contributed by atoms with van der Waals surface area (Å²) in [4.78, 5) is 0.277. The van der Waals surface area contributed by atoms with E-state index in [0.29, 0.717) is 23.9 Å². The second kappa shape index (κ2) is 4.59. The minimum atomic E-state index is -3.45. The van der Waals surface area contributed by atoms with Gasteiger partial charge in [-0.2, -0.15) is 4.31 Å². The molecule has 3 rings (SSSR count). The van der Waals surface area contributed by atoms with Gasteiger partial charge in [0.2, 0.25) is 10.0 Å². The Labute approximate surface area is 114 Å². The Kier molecular flexibility index (Phi) is 3.17. The molecule has 1 saturated carbocycles. The van der Waals surface area contributed by atoms with Crippen LogP contribution in [0, 0.1) is 19.8 Å². The van der Waals surface area contributed by atoms with Crippen molar-refractivity contribution in [1.29, 1.82) is 0 Å². The molecular weight excluding hydrogens is 264 g/mol. The Hall–Kier alpha value is -0.880. The van der Waals surface area contributed by atoms with Crippen molar-refractivity contribution in [3.8, 4) is 0 Å². The van der Waals surface area contributed by atoms with E-state index < -0.39 is 10.0 Å². The van der Waals surface area contributed by atoms with Crippen molar-refractivity contribution in [3.05, 3.63) is 11.5 Å². The van der Waals surface area contributed by atoms with Crippen molar-refractivity contribution < 1.29 is 12.9 Å². The van der Waals surface area contributed by atoms with Gasteiger partial charge in [-0.3, -0.25) is 0 Å². The summed E-state index contributed by atoms with van der Waals surface area (Å²) in [5, 5.41) is 3.78. The van der Waals surface area contributed by atoms with Crippen LogP contribution >= 0.6 is 0 Å². The lowest BCUT2D eigenvalue weighted by molar-refractivity contribution is 0.191. The molecule has 0 amide bonds. The summed E-state index contributed by atoms with van der Waals surface area (Å²) < 4.78 is 32.4. The Balaban J connectivity index is 1.95. The summed E-state index contributed by atoms with van der Waals surface area (Å²) in [6.07, 6.45) is 5.52. The van der Waals surface area contributed by atoms with Crippen LogP contribution in [0.5, 0.6) is 0 Å². The van der Waals surface area contributed by atoms with Crippen LogP contribution in [0.1, 0.15) is 43.6 Å². The summed E-state index contributed by atoms with van der Waals surface area (Å²) in [7, 11) is -3.45. The second-order valence-corrected chi connectivity index (χ2v) is 7.50. The first-order valence-electron chi connectivity index (χ1n) is 6.96. The van der Waals surface area contributed by atoms with Crippen molar-refractivity contribution >= 4 is 10.0 Å². The van der Waals surface area contributed by atoms with Crippen LogP contribution in [0.2, 0.25) is 0 Å². The molecule has 2 fully saturated rings. The van der Waals surface area contributed by atoms with Gasteiger partial charge in [-0.25, -0.2) is 8.42 Å². The molecule has 2 heterocycles. The maximum absolute atomic E-state index is 12.8. The summed E-state index contributed by atoms with van der Waals surface area (Å²) in [5.74, 6) is 0.953. The standard InChI is InChI=1S/C13H20N2O3S/c1-9-13(10(2)18-14-9)19(16,17)15-8-4-7-12(15)11-5-3-6-11/h11-12H,3-8H2,1-2H3. The van der Waals surface area contributed by atoms with Gasteiger partial charge in [0.05, 0.1) is 0 Å². The number of aryl methyl sites for hydroxylation is 2. The average molecular weight is 284 g/mol. The lowest BCUT2D eigenvalue weighted by Gasteiger charge is -2.36. The topological polar surface area (TPSA) is 63.4 Å². The Morgan fingerprint density at radius 2 is 1.95 bits per heavy atom. The van der Waals surface area contributed by atoms with E-state index in [4.69, 9.17) is 4.52 Å². The molecule has 1 aromatic rings. The van der Waals surface area contributed by atoms with E-state index in [2.05, 4.69) is 5.16 Å². The zero-order valence-electron chi connectivity index (χ0n) is 11.4. The normalized spacial score (nSPS) is 25.7. The average Bonchev–Trinajstić information content (AvgIpc) is 2.84. The Morgan fingerprint density at radius 1 is 1.21 bits per heavy atom. The first-order chi connectivity index (χ1) is 9.01. The number of aromatic nitrogens is 1. The molecule has 19 heavy (non-hydrogen) atoms. The van der Waals surface area contributed by atoms with E-state index in [9.17, 15) is 8.42 Å². The van der Waals surface area contributed by atoms with Gasteiger partial charge < -0.3 is 4.52 Å². The molecule has 5 nitrogen and oxygen atoms in total. The smallest absolute Gasteiger partial charge is 0.248 e. The zero-order valence-corrected chi connectivity index (χ0v) is 12.2. The summed E-state index contributed by atoms with van der Waals surface area (Å²) >= 11 is 0. The molecule has 0 spiro atoms. The fourth-order valence-electron chi connectivity index (χ4n) is 3.32. The van der Waals surface area contributed by atoms with Crippen molar-refractivity contribution in [2.45, 2.75) is 56.9 Å². The van der Waals surface area contributed by atoms with Crippen LogP contribution in [0.15, 0.2) is 9.42 Å². The van der Waals surface area contributed by atoms with Crippen LogP contribution in [0.3, 0.4) is 0 Å². The lowest BCUT2D eigenvalue weighted by Crippen LogP contribution is -2.42. The van der Waals surface area contributed by atoms with Crippen LogP contribution in [0.4, 0.5) is 0 Å². The van der Waals surface area contributed by atoms with Crippen LogP contribution in [-0.4, -0.2) is 30.5 Å². The van der Waals surface area contributed by atoms with Gasteiger partial charge in [0.25, 0.3) is 0 Å². The van der Waals surface area contributed by atoms with Crippen molar-refractivity contribution in [1.82, 2.24) is 9.46 Å². The third-order valence-electron chi connectivity index (χ3n) is 4.48. The number of hydrogen-bond donors (Lipinski definition) is 0. The molecule has 1 aromatic heterocycles. The van der Waals surface area contributed by atoms with Gasteiger partial charge >= 0.3 is 0 Å². The molecule has 1 unspecified atom stereocenters. The number of sulfonamides is 1. The summed E-state index contributed by atoms with van der Waals surface area (Å²) in [5.41, 5.74) is 0.469. The monoisotopic (exact) mass is 284 g/mol. The molecule has 106 valence electrons. The minimum absolute atomic E-state index is 0.187. The third-order valence-corrected chi connectivity index (χ3v) is 6.65. The van der Waals surface area contributed by atoms with Gasteiger partial charge in [-0.05, 0) is 45.4 Å². The summed E-state index contributed by atoms with van der Waals surface area (Å²) in [6, 6.07) is 0.187. The van der Waals surface area contributed by atoms with E-state index in [0.717, 1.165) is 25.7 Å². The van der Waals surface area contributed by atoms with E-state index in [1.165, 1.54) is 6.42 Å². The molecular formula is C13H20N2O3S. The number of nitrogens with zero attached hydrogens (tertiary/aromatic N) is 2. The fourth-order valence-corrected chi connectivity index (χ4v) is 5.37. The molecule has 1 aliphatic carbocycles. The fraction of sp³-hybridized carbons (Fsp3) is 0.769. The van der Waals surface area contributed by atoms with Crippen molar-refractivity contribution in [3.63, 3.8) is 0 Å². The number of rotatable bonds is 3. The maximum Gasteiger partial charge on any atom is 0.248 e.